The van der Waals surface area contributed by atoms with Crippen LogP contribution in [0.4, 0.5) is 5.69 Å². The molecule has 0 bridgehead atoms. The first kappa shape index (κ1) is 10.1. The summed E-state index contributed by atoms with van der Waals surface area (Å²) in [7, 11) is 0. The maximum absolute atomic E-state index is 2.36. The molecule has 0 amide bonds. The van der Waals surface area contributed by atoms with Crippen LogP contribution in [-0.2, 0) is 0 Å². The van der Waals surface area contributed by atoms with Crippen molar-refractivity contribution >= 4 is 5.69 Å². The fraction of sp³-hybridized carbons (Fsp3) is 0.385. The van der Waals surface area contributed by atoms with E-state index in [1.54, 1.807) is 0 Å². The molecule has 0 aliphatic carbocycles. The largest absolute Gasteiger partial charge is 0.356 e. The van der Waals surface area contributed by atoms with E-state index in [9.17, 15) is 0 Å². The van der Waals surface area contributed by atoms with Gasteiger partial charge in [0.25, 0.3) is 0 Å². The zero-order chi connectivity index (χ0) is 10.8. The molecule has 0 saturated heterocycles. The molecule has 2 heteroatoms. The minimum Gasteiger partial charge on any atom is -0.356 e. The van der Waals surface area contributed by atoms with Crippen LogP contribution in [0.5, 0.6) is 0 Å². The lowest BCUT2D eigenvalue weighted by molar-refractivity contribution is 0.334. The van der Waals surface area contributed by atoms with E-state index in [1.165, 1.54) is 11.4 Å². The third-order valence-corrected chi connectivity index (χ3v) is 2.99. The van der Waals surface area contributed by atoms with Crippen LogP contribution in [0.3, 0.4) is 0 Å². The SMILES string of the molecule is CCN1C=C(C)N(c2ccccc2)[C@@H]1C. The van der Waals surface area contributed by atoms with Crippen LogP contribution in [0.1, 0.15) is 20.8 Å². The smallest absolute Gasteiger partial charge is 0.103 e. The molecule has 1 aliphatic rings. The van der Waals surface area contributed by atoms with Crippen LogP contribution in [-0.4, -0.2) is 17.6 Å². The molecule has 0 aromatic heterocycles. The zero-order valence-electron chi connectivity index (χ0n) is 9.64. The number of benzene rings is 1. The summed E-state index contributed by atoms with van der Waals surface area (Å²) >= 11 is 0. The number of nitrogens with zero attached hydrogens (tertiary/aromatic N) is 2. The van der Waals surface area contributed by atoms with Gasteiger partial charge in [0.2, 0.25) is 0 Å². The van der Waals surface area contributed by atoms with Crippen molar-refractivity contribution in [3.63, 3.8) is 0 Å². The Labute approximate surface area is 91.8 Å². The van der Waals surface area contributed by atoms with Crippen LogP contribution < -0.4 is 4.90 Å². The molecule has 1 aromatic carbocycles. The third kappa shape index (κ3) is 1.72. The van der Waals surface area contributed by atoms with Crippen molar-refractivity contribution in [1.82, 2.24) is 4.90 Å². The lowest BCUT2D eigenvalue weighted by Gasteiger charge is -2.30. The van der Waals surface area contributed by atoms with E-state index in [0.717, 1.165) is 6.54 Å². The van der Waals surface area contributed by atoms with E-state index < -0.39 is 0 Å². The first-order valence-electron chi connectivity index (χ1n) is 5.52. The van der Waals surface area contributed by atoms with E-state index in [4.69, 9.17) is 0 Å². The molecule has 1 aromatic rings. The summed E-state index contributed by atoms with van der Waals surface area (Å²) in [5.74, 6) is 0. The number of hydrogen-bond acceptors (Lipinski definition) is 2. The Morgan fingerprint density at radius 1 is 1.20 bits per heavy atom. The highest BCUT2D eigenvalue weighted by atomic mass is 15.4. The average Bonchev–Trinajstić information content (AvgIpc) is 2.55. The van der Waals surface area contributed by atoms with Crippen molar-refractivity contribution in [3.8, 4) is 0 Å². The molecular weight excluding hydrogens is 184 g/mol. The molecule has 0 N–H and O–H groups in total. The van der Waals surface area contributed by atoms with Gasteiger partial charge in [0, 0.05) is 24.1 Å². The third-order valence-electron chi connectivity index (χ3n) is 2.99. The number of hydrogen-bond donors (Lipinski definition) is 0. The van der Waals surface area contributed by atoms with Crippen molar-refractivity contribution in [3.05, 3.63) is 42.2 Å². The van der Waals surface area contributed by atoms with Crippen molar-refractivity contribution in [2.24, 2.45) is 0 Å². The topological polar surface area (TPSA) is 6.48 Å². The predicted octanol–water partition coefficient (Wildman–Crippen LogP) is 3.04. The fourth-order valence-electron chi connectivity index (χ4n) is 2.22. The number of rotatable bonds is 2. The van der Waals surface area contributed by atoms with Crippen LogP contribution in [0.2, 0.25) is 0 Å². The first-order valence-corrected chi connectivity index (χ1v) is 5.52. The highest BCUT2D eigenvalue weighted by molar-refractivity contribution is 5.54. The summed E-state index contributed by atoms with van der Waals surface area (Å²) in [6.45, 7) is 7.65. The van der Waals surface area contributed by atoms with E-state index in [1.807, 2.05) is 0 Å². The molecule has 80 valence electrons. The Morgan fingerprint density at radius 3 is 2.40 bits per heavy atom. The second-order valence-corrected chi connectivity index (χ2v) is 3.94. The van der Waals surface area contributed by atoms with Gasteiger partial charge in [0.1, 0.15) is 6.17 Å². The van der Waals surface area contributed by atoms with Gasteiger partial charge in [0.05, 0.1) is 0 Å². The van der Waals surface area contributed by atoms with Crippen molar-refractivity contribution < 1.29 is 0 Å². The quantitative estimate of drug-likeness (QED) is 0.727. The summed E-state index contributed by atoms with van der Waals surface area (Å²) in [5, 5.41) is 0. The maximum Gasteiger partial charge on any atom is 0.103 e. The fourth-order valence-corrected chi connectivity index (χ4v) is 2.22. The van der Waals surface area contributed by atoms with Crippen molar-refractivity contribution in [2.75, 3.05) is 11.4 Å². The van der Waals surface area contributed by atoms with Crippen molar-refractivity contribution in [2.45, 2.75) is 26.9 Å². The highest BCUT2D eigenvalue weighted by Crippen LogP contribution is 2.28. The molecule has 0 spiro atoms. The number of anilines is 1. The van der Waals surface area contributed by atoms with E-state index in [-0.39, 0.29) is 0 Å². The van der Waals surface area contributed by atoms with Crippen LogP contribution >= 0.6 is 0 Å². The van der Waals surface area contributed by atoms with Gasteiger partial charge >= 0.3 is 0 Å². The van der Waals surface area contributed by atoms with Gasteiger partial charge in [-0.3, -0.25) is 0 Å². The molecule has 0 radical (unpaired) electrons. The second kappa shape index (κ2) is 3.97. The van der Waals surface area contributed by atoms with Crippen molar-refractivity contribution in [1.29, 1.82) is 0 Å². The molecule has 1 heterocycles. The summed E-state index contributed by atoms with van der Waals surface area (Å²) in [6, 6.07) is 10.6. The molecule has 0 saturated carbocycles. The Morgan fingerprint density at radius 2 is 1.87 bits per heavy atom. The Hall–Kier alpha value is -1.44. The van der Waals surface area contributed by atoms with Crippen LogP contribution in [0, 0.1) is 0 Å². The maximum atomic E-state index is 2.36. The first-order chi connectivity index (χ1) is 7.24. The van der Waals surface area contributed by atoms with Crippen LogP contribution in [0.25, 0.3) is 0 Å². The summed E-state index contributed by atoms with van der Waals surface area (Å²) < 4.78 is 0. The number of para-hydroxylation sites is 1. The standard InChI is InChI=1S/C13H18N2/c1-4-14-10-11(2)15(12(14)3)13-8-6-5-7-9-13/h5-10,12H,4H2,1-3H3/t12-/m1/s1. The van der Waals surface area contributed by atoms with Gasteiger partial charge in [-0.05, 0) is 32.9 Å². The molecule has 1 atom stereocenters. The number of allylic oxidation sites excluding steroid dienone is 1. The monoisotopic (exact) mass is 202 g/mol. The molecule has 1 aliphatic heterocycles. The second-order valence-electron chi connectivity index (χ2n) is 3.94. The Kier molecular flexibility index (Phi) is 2.67. The minimum absolute atomic E-state index is 0.428. The van der Waals surface area contributed by atoms with Gasteiger partial charge in [-0.25, -0.2) is 0 Å². The molecule has 0 unspecified atom stereocenters. The van der Waals surface area contributed by atoms with Gasteiger partial charge in [-0.2, -0.15) is 0 Å². The summed E-state index contributed by atoms with van der Waals surface area (Å²) in [4.78, 5) is 4.71. The molecular formula is C13H18N2. The van der Waals surface area contributed by atoms with E-state index >= 15 is 0 Å². The molecule has 15 heavy (non-hydrogen) atoms. The van der Waals surface area contributed by atoms with E-state index in [0.29, 0.717) is 6.17 Å². The molecule has 2 nitrogen and oxygen atoms in total. The Bertz CT molecular complexity index is 356. The summed E-state index contributed by atoms with van der Waals surface area (Å²) in [6.07, 6.45) is 2.66. The Balaban J connectivity index is 2.28. The van der Waals surface area contributed by atoms with E-state index in [2.05, 4.69) is 67.1 Å². The lowest BCUT2D eigenvalue weighted by Crippen LogP contribution is -2.36. The van der Waals surface area contributed by atoms with Gasteiger partial charge < -0.3 is 9.80 Å². The van der Waals surface area contributed by atoms with Crippen LogP contribution in [0.15, 0.2) is 42.2 Å². The van der Waals surface area contributed by atoms with Gasteiger partial charge in [-0.1, -0.05) is 18.2 Å². The highest BCUT2D eigenvalue weighted by Gasteiger charge is 2.25. The molecule has 0 fully saturated rings. The average molecular weight is 202 g/mol. The normalized spacial score (nSPS) is 20.7. The van der Waals surface area contributed by atoms with Gasteiger partial charge in [0.15, 0.2) is 0 Å². The minimum atomic E-state index is 0.428. The summed E-state index contributed by atoms with van der Waals surface area (Å²) in [5.41, 5.74) is 2.59. The predicted molar refractivity (Wildman–Crippen MR) is 64.5 cm³/mol. The molecule has 2 rings (SSSR count). The zero-order valence-corrected chi connectivity index (χ0v) is 9.64. The van der Waals surface area contributed by atoms with Gasteiger partial charge in [-0.15, -0.1) is 0 Å². The lowest BCUT2D eigenvalue weighted by atomic mass is 10.2.